The molecule has 1 aliphatic rings. The van der Waals surface area contributed by atoms with Crippen LogP contribution in [-0.4, -0.2) is 40.1 Å². The molecule has 116 valence electrons. The highest BCUT2D eigenvalue weighted by molar-refractivity contribution is 7.11. The van der Waals surface area contributed by atoms with Crippen LogP contribution in [0, 0.1) is 19.3 Å². The highest BCUT2D eigenvalue weighted by atomic mass is 32.1. The van der Waals surface area contributed by atoms with E-state index in [2.05, 4.69) is 10.3 Å². The van der Waals surface area contributed by atoms with Gasteiger partial charge in [-0.15, -0.1) is 11.3 Å². The van der Waals surface area contributed by atoms with Crippen molar-refractivity contribution >= 4 is 23.3 Å². The summed E-state index contributed by atoms with van der Waals surface area (Å²) in [7, 11) is 0. The normalized spacial score (nSPS) is 23.1. The quantitative estimate of drug-likeness (QED) is 0.897. The molecule has 0 bridgehead atoms. The first-order valence-corrected chi connectivity index (χ1v) is 7.77. The van der Waals surface area contributed by atoms with Crippen LogP contribution in [0.1, 0.15) is 41.9 Å². The lowest BCUT2D eigenvalue weighted by molar-refractivity contribution is -0.146. The molecule has 1 aliphatic heterocycles. The van der Waals surface area contributed by atoms with Gasteiger partial charge in [0.1, 0.15) is 0 Å². The van der Waals surface area contributed by atoms with E-state index in [1.54, 1.807) is 23.2 Å². The Hall–Kier alpha value is -1.63. The number of aliphatic carboxylic acids is 1. The SMILES string of the molecule is Cc1nc(C)c(C(C)NC(=O)N2CCC(C)(C(=O)O)C2)s1. The number of aromatic nitrogens is 1. The third kappa shape index (κ3) is 3.18. The zero-order valence-corrected chi connectivity index (χ0v) is 13.6. The number of carbonyl (C=O) groups is 2. The maximum atomic E-state index is 12.3. The molecule has 2 N–H and O–H groups in total. The summed E-state index contributed by atoms with van der Waals surface area (Å²) < 4.78 is 0. The Kier molecular flexibility index (Phi) is 4.22. The van der Waals surface area contributed by atoms with Crippen molar-refractivity contribution in [2.75, 3.05) is 13.1 Å². The fourth-order valence-electron chi connectivity index (χ4n) is 2.60. The van der Waals surface area contributed by atoms with Crippen LogP contribution in [0.5, 0.6) is 0 Å². The van der Waals surface area contributed by atoms with Crippen LogP contribution in [0.25, 0.3) is 0 Å². The van der Waals surface area contributed by atoms with Crippen molar-refractivity contribution in [3.8, 4) is 0 Å². The van der Waals surface area contributed by atoms with Crippen molar-refractivity contribution in [1.29, 1.82) is 0 Å². The molecule has 2 amide bonds. The largest absolute Gasteiger partial charge is 0.481 e. The topological polar surface area (TPSA) is 82.5 Å². The van der Waals surface area contributed by atoms with E-state index in [4.69, 9.17) is 0 Å². The van der Waals surface area contributed by atoms with Gasteiger partial charge in [-0.1, -0.05) is 0 Å². The number of carboxylic acids is 1. The van der Waals surface area contributed by atoms with Crippen molar-refractivity contribution in [3.05, 3.63) is 15.6 Å². The maximum absolute atomic E-state index is 12.3. The second-order valence-electron chi connectivity index (χ2n) is 5.89. The molecule has 0 aliphatic carbocycles. The molecule has 2 atom stereocenters. The Balaban J connectivity index is 1.99. The minimum Gasteiger partial charge on any atom is -0.481 e. The smallest absolute Gasteiger partial charge is 0.317 e. The molecule has 2 rings (SSSR count). The van der Waals surface area contributed by atoms with Gasteiger partial charge in [-0.05, 0) is 34.1 Å². The van der Waals surface area contributed by atoms with Gasteiger partial charge >= 0.3 is 12.0 Å². The Morgan fingerprint density at radius 3 is 2.62 bits per heavy atom. The molecule has 2 heterocycles. The second-order valence-corrected chi connectivity index (χ2v) is 7.13. The van der Waals surface area contributed by atoms with Crippen LogP contribution in [0.15, 0.2) is 0 Å². The zero-order chi connectivity index (χ0) is 15.8. The lowest BCUT2D eigenvalue weighted by Crippen LogP contribution is -2.41. The minimum atomic E-state index is -0.847. The van der Waals surface area contributed by atoms with E-state index in [0.29, 0.717) is 13.0 Å². The van der Waals surface area contributed by atoms with E-state index in [1.165, 1.54) is 0 Å². The van der Waals surface area contributed by atoms with E-state index in [1.807, 2.05) is 20.8 Å². The number of thiazole rings is 1. The molecule has 0 saturated carbocycles. The summed E-state index contributed by atoms with van der Waals surface area (Å²) in [5, 5.41) is 13.1. The van der Waals surface area contributed by atoms with E-state index in [0.717, 1.165) is 15.6 Å². The monoisotopic (exact) mass is 311 g/mol. The lowest BCUT2D eigenvalue weighted by atomic mass is 9.90. The number of rotatable bonds is 3. The highest BCUT2D eigenvalue weighted by Crippen LogP contribution is 2.31. The fraction of sp³-hybridized carbons (Fsp3) is 0.643. The van der Waals surface area contributed by atoms with Crippen molar-refractivity contribution < 1.29 is 14.7 Å². The van der Waals surface area contributed by atoms with E-state index >= 15 is 0 Å². The van der Waals surface area contributed by atoms with Crippen molar-refractivity contribution in [3.63, 3.8) is 0 Å². The summed E-state index contributed by atoms with van der Waals surface area (Å²) in [5.74, 6) is -0.847. The molecule has 0 radical (unpaired) electrons. The van der Waals surface area contributed by atoms with Gasteiger partial charge in [0, 0.05) is 18.0 Å². The number of amides is 2. The van der Waals surface area contributed by atoms with Gasteiger partial charge in [-0.2, -0.15) is 0 Å². The summed E-state index contributed by atoms with van der Waals surface area (Å²) in [6.45, 7) is 8.20. The van der Waals surface area contributed by atoms with Gasteiger partial charge in [-0.25, -0.2) is 9.78 Å². The molecule has 1 saturated heterocycles. The molecule has 6 nitrogen and oxygen atoms in total. The number of hydrogen-bond acceptors (Lipinski definition) is 4. The molecular weight excluding hydrogens is 290 g/mol. The van der Waals surface area contributed by atoms with E-state index in [9.17, 15) is 14.7 Å². The van der Waals surface area contributed by atoms with Gasteiger partial charge in [-0.3, -0.25) is 4.79 Å². The Labute approximate surface area is 128 Å². The summed E-state index contributed by atoms with van der Waals surface area (Å²) in [6.07, 6.45) is 0.489. The third-order valence-electron chi connectivity index (χ3n) is 3.95. The van der Waals surface area contributed by atoms with Crippen LogP contribution < -0.4 is 5.32 Å². The molecule has 21 heavy (non-hydrogen) atoms. The number of nitrogens with one attached hydrogen (secondary N) is 1. The molecule has 1 aromatic heterocycles. The standard InChI is InChI=1S/C14H21N3O3S/c1-8-11(21-10(3)15-8)9(2)16-13(20)17-6-5-14(4,7-17)12(18)19/h9H,5-7H2,1-4H3,(H,16,20)(H,18,19). The first kappa shape index (κ1) is 15.8. The van der Waals surface area contributed by atoms with Gasteiger partial charge in [0.05, 0.1) is 22.2 Å². The van der Waals surface area contributed by atoms with Crippen LogP contribution in [0.3, 0.4) is 0 Å². The first-order valence-electron chi connectivity index (χ1n) is 6.96. The zero-order valence-electron chi connectivity index (χ0n) is 12.8. The molecule has 0 spiro atoms. The van der Waals surface area contributed by atoms with Crippen LogP contribution in [0.2, 0.25) is 0 Å². The van der Waals surface area contributed by atoms with E-state index in [-0.39, 0.29) is 18.6 Å². The third-order valence-corrected chi connectivity index (χ3v) is 5.21. The molecule has 1 aromatic rings. The number of carbonyl (C=O) groups excluding carboxylic acids is 1. The van der Waals surface area contributed by atoms with Gasteiger partial charge in [0.2, 0.25) is 0 Å². The molecule has 0 aromatic carbocycles. The summed E-state index contributed by atoms with van der Waals surface area (Å²) in [4.78, 5) is 30.5. The number of urea groups is 1. The Bertz CT molecular complexity index is 572. The molecule has 7 heteroatoms. The van der Waals surface area contributed by atoms with Crippen molar-refractivity contribution in [2.24, 2.45) is 5.41 Å². The average Bonchev–Trinajstić information content (AvgIpc) is 2.93. The molecule has 1 fully saturated rings. The van der Waals surface area contributed by atoms with Crippen molar-refractivity contribution in [1.82, 2.24) is 15.2 Å². The maximum Gasteiger partial charge on any atom is 0.317 e. The summed E-state index contributed by atoms with van der Waals surface area (Å²) in [6, 6.07) is -0.335. The van der Waals surface area contributed by atoms with Crippen LogP contribution in [-0.2, 0) is 4.79 Å². The minimum absolute atomic E-state index is 0.125. The first-order chi connectivity index (χ1) is 9.73. The highest BCUT2D eigenvalue weighted by Gasteiger charge is 2.42. The van der Waals surface area contributed by atoms with Gasteiger partial charge < -0.3 is 15.3 Å². The Morgan fingerprint density at radius 2 is 2.14 bits per heavy atom. The second kappa shape index (κ2) is 5.63. The van der Waals surface area contributed by atoms with Crippen LogP contribution in [0.4, 0.5) is 4.79 Å². The summed E-state index contributed by atoms with van der Waals surface area (Å²) in [5.41, 5.74) is 0.0968. The number of aryl methyl sites for hydroxylation is 2. The van der Waals surface area contributed by atoms with Crippen LogP contribution >= 0.6 is 11.3 Å². The van der Waals surface area contributed by atoms with E-state index < -0.39 is 11.4 Å². The number of likely N-dealkylation sites (tertiary alicyclic amines) is 1. The number of hydrogen-bond donors (Lipinski definition) is 2. The average molecular weight is 311 g/mol. The summed E-state index contributed by atoms with van der Waals surface area (Å²) >= 11 is 1.57. The van der Waals surface area contributed by atoms with Crippen molar-refractivity contribution in [2.45, 2.75) is 40.2 Å². The predicted molar refractivity (Wildman–Crippen MR) is 80.5 cm³/mol. The van der Waals surface area contributed by atoms with Gasteiger partial charge in [0.25, 0.3) is 0 Å². The molecule has 2 unspecified atom stereocenters. The number of nitrogens with zero attached hydrogens (tertiary/aromatic N) is 2. The lowest BCUT2D eigenvalue weighted by Gasteiger charge is -2.22. The number of carboxylic acid groups (broad SMARTS) is 1. The molecular formula is C14H21N3O3S. The fourth-order valence-corrected chi connectivity index (χ4v) is 3.53. The Morgan fingerprint density at radius 1 is 1.48 bits per heavy atom. The van der Waals surface area contributed by atoms with Gasteiger partial charge in [0.15, 0.2) is 0 Å². The predicted octanol–water partition coefficient (Wildman–Crippen LogP) is 2.33.